The Labute approximate surface area is 121 Å². The predicted octanol–water partition coefficient (Wildman–Crippen LogP) is 2.26. The highest BCUT2D eigenvalue weighted by Crippen LogP contribution is 2.19. The van der Waals surface area contributed by atoms with Gasteiger partial charge in [-0.05, 0) is 34.7 Å². The van der Waals surface area contributed by atoms with Crippen molar-refractivity contribution in [2.24, 2.45) is 4.99 Å². The number of aliphatic imine (C=N–C) groups is 1. The number of hydrogen-bond acceptors (Lipinski definition) is 4. The summed E-state index contributed by atoms with van der Waals surface area (Å²) in [5.74, 6) is -3.31. The van der Waals surface area contributed by atoms with Crippen molar-refractivity contribution in [2.75, 3.05) is 13.2 Å². The van der Waals surface area contributed by atoms with Gasteiger partial charge < -0.3 is 10.2 Å². The fourth-order valence-electron chi connectivity index (χ4n) is 1.25. The molecule has 1 aromatic carbocycles. The predicted molar refractivity (Wildman–Crippen MR) is 74.6 cm³/mol. The summed E-state index contributed by atoms with van der Waals surface area (Å²) < 4.78 is 27.1. The van der Waals surface area contributed by atoms with Crippen LogP contribution in [0, 0.1) is 15.2 Å². The second-order valence-electron chi connectivity index (χ2n) is 3.42. The fraction of sp³-hybridized carbons (Fsp3) is 0.167. The summed E-state index contributed by atoms with van der Waals surface area (Å²) in [6, 6.07) is 2.12. The van der Waals surface area contributed by atoms with E-state index in [0.717, 1.165) is 12.3 Å². The first-order valence-corrected chi connectivity index (χ1v) is 6.23. The molecule has 0 aliphatic rings. The Bertz CT molecular complexity index is 544. The van der Waals surface area contributed by atoms with Gasteiger partial charge in [0.05, 0.1) is 30.6 Å². The van der Waals surface area contributed by atoms with Gasteiger partial charge in [-0.25, -0.2) is 8.78 Å². The lowest BCUT2D eigenvalue weighted by atomic mass is 10.0. The van der Waals surface area contributed by atoms with E-state index in [0.29, 0.717) is 9.83 Å². The number of nitrogens with zero attached hydrogens (tertiary/aromatic N) is 1. The summed E-state index contributed by atoms with van der Waals surface area (Å²) in [6.45, 7) is -0.191. The maximum Gasteiger partial charge on any atom is 0.200 e. The molecule has 0 aromatic heterocycles. The minimum atomic E-state index is -1.28. The van der Waals surface area contributed by atoms with E-state index in [4.69, 9.17) is 10.2 Å². The van der Waals surface area contributed by atoms with Crippen LogP contribution in [0.4, 0.5) is 8.78 Å². The molecule has 0 unspecified atom stereocenters. The Kier molecular flexibility index (Phi) is 6.03. The molecule has 0 radical (unpaired) electrons. The molecule has 0 amide bonds. The van der Waals surface area contributed by atoms with Crippen molar-refractivity contribution < 1.29 is 23.8 Å². The van der Waals surface area contributed by atoms with E-state index in [1.54, 1.807) is 22.6 Å². The van der Waals surface area contributed by atoms with Gasteiger partial charge in [0.2, 0.25) is 5.78 Å². The number of aliphatic hydroxyl groups excluding tert-OH is 2. The molecule has 0 spiro atoms. The van der Waals surface area contributed by atoms with E-state index in [1.807, 2.05) is 0 Å². The molecule has 1 rings (SSSR count). The fourth-order valence-corrected chi connectivity index (χ4v) is 1.83. The monoisotopic (exact) mass is 381 g/mol. The molecule has 0 heterocycles. The van der Waals surface area contributed by atoms with Crippen LogP contribution in [-0.4, -0.2) is 35.4 Å². The first-order chi connectivity index (χ1) is 9.01. The van der Waals surface area contributed by atoms with Crippen LogP contribution in [0.1, 0.15) is 10.4 Å². The summed E-state index contributed by atoms with van der Waals surface area (Å²) in [6.07, 6.45) is 1.45. The van der Waals surface area contributed by atoms with E-state index in [2.05, 4.69) is 4.99 Å². The molecule has 4 nitrogen and oxygen atoms in total. The summed E-state index contributed by atoms with van der Waals surface area (Å²) in [4.78, 5) is 15.5. The molecule has 0 atom stereocenters. The summed E-state index contributed by atoms with van der Waals surface area (Å²) in [5.41, 5.74) is -0.783. The minimum Gasteiger partial charge on any atom is -0.515 e. The van der Waals surface area contributed by atoms with Gasteiger partial charge in [0, 0.05) is 9.78 Å². The summed E-state index contributed by atoms with van der Waals surface area (Å²) in [5, 5.41) is 17.5. The number of carbonyl (C=O) groups is 1. The van der Waals surface area contributed by atoms with E-state index in [-0.39, 0.29) is 18.7 Å². The van der Waals surface area contributed by atoms with Gasteiger partial charge in [0.15, 0.2) is 11.6 Å². The van der Waals surface area contributed by atoms with Crippen molar-refractivity contribution >= 4 is 34.6 Å². The molecule has 19 heavy (non-hydrogen) atoms. The third-order valence-electron chi connectivity index (χ3n) is 2.10. The molecular formula is C12H10F2INO3. The molecule has 2 N–H and O–H groups in total. The van der Waals surface area contributed by atoms with Gasteiger partial charge in [-0.15, -0.1) is 0 Å². The number of carbonyl (C=O) groups excluding carboxylic acids is 1. The maximum atomic E-state index is 13.5. The lowest BCUT2D eigenvalue weighted by Gasteiger charge is -2.04. The number of halogens is 3. The third kappa shape index (κ3) is 4.06. The van der Waals surface area contributed by atoms with E-state index in [9.17, 15) is 13.6 Å². The number of ketones is 1. The van der Waals surface area contributed by atoms with Gasteiger partial charge in [-0.1, -0.05) is 0 Å². The van der Waals surface area contributed by atoms with Crippen LogP contribution < -0.4 is 0 Å². The second kappa shape index (κ2) is 7.29. The van der Waals surface area contributed by atoms with Crippen LogP contribution >= 0.6 is 22.6 Å². The first-order valence-electron chi connectivity index (χ1n) is 5.15. The van der Waals surface area contributed by atoms with Gasteiger partial charge in [-0.3, -0.25) is 9.79 Å². The maximum absolute atomic E-state index is 13.5. The van der Waals surface area contributed by atoms with E-state index >= 15 is 0 Å². The van der Waals surface area contributed by atoms with Crippen LogP contribution in [-0.2, 0) is 0 Å². The van der Waals surface area contributed by atoms with Crippen molar-refractivity contribution in [3.63, 3.8) is 0 Å². The molecule has 0 aliphatic carbocycles. The zero-order chi connectivity index (χ0) is 14.4. The standard InChI is InChI=1S/C12H10F2INO3/c13-10-4-8(15)3-9(11(10)14)12(19)7(6-18)5-16-1-2-17/h3-6,17-18H,1-2H2. The smallest absolute Gasteiger partial charge is 0.200 e. The minimum absolute atomic E-state index is 0.0355. The molecule has 0 fully saturated rings. The largest absolute Gasteiger partial charge is 0.515 e. The summed E-state index contributed by atoms with van der Waals surface area (Å²) >= 11 is 1.74. The van der Waals surface area contributed by atoms with Crippen LogP contribution in [0.3, 0.4) is 0 Å². The Morgan fingerprint density at radius 3 is 2.68 bits per heavy atom. The van der Waals surface area contributed by atoms with Crippen LogP contribution in [0.15, 0.2) is 29.0 Å². The average Bonchev–Trinajstić information content (AvgIpc) is 2.38. The van der Waals surface area contributed by atoms with Gasteiger partial charge in [0.1, 0.15) is 0 Å². The molecule has 1 aromatic rings. The highest BCUT2D eigenvalue weighted by atomic mass is 127. The van der Waals surface area contributed by atoms with Gasteiger partial charge >= 0.3 is 0 Å². The number of allylic oxidation sites excluding steroid dienone is 1. The highest BCUT2D eigenvalue weighted by Gasteiger charge is 2.19. The highest BCUT2D eigenvalue weighted by molar-refractivity contribution is 14.1. The number of rotatable bonds is 5. The number of Topliss-reactive ketones (excluding diaryl/α,β-unsaturated/α-hetero) is 1. The Hall–Kier alpha value is -1.35. The second-order valence-corrected chi connectivity index (χ2v) is 4.67. The summed E-state index contributed by atoms with van der Waals surface area (Å²) in [7, 11) is 0. The zero-order valence-corrected chi connectivity index (χ0v) is 11.8. The van der Waals surface area contributed by atoms with Gasteiger partial charge in [-0.2, -0.15) is 0 Å². The third-order valence-corrected chi connectivity index (χ3v) is 2.72. The topological polar surface area (TPSA) is 69.9 Å². The van der Waals surface area contributed by atoms with Crippen molar-refractivity contribution in [3.8, 4) is 0 Å². The first kappa shape index (κ1) is 15.7. The molecule has 0 bridgehead atoms. The molecule has 7 heteroatoms. The Morgan fingerprint density at radius 1 is 1.42 bits per heavy atom. The normalized spacial score (nSPS) is 12.1. The van der Waals surface area contributed by atoms with Crippen LogP contribution in [0.5, 0.6) is 0 Å². The number of benzene rings is 1. The molecule has 0 saturated carbocycles. The van der Waals surface area contributed by atoms with Crippen molar-refractivity contribution in [2.45, 2.75) is 0 Å². The Morgan fingerprint density at radius 2 is 2.11 bits per heavy atom. The lowest BCUT2D eigenvalue weighted by Crippen LogP contribution is -2.10. The van der Waals surface area contributed by atoms with Crippen LogP contribution in [0.25, 0.3) is 0 Å². The van der Waals surface area contributed by atoms with E-state index < -0.39 is 23.0 Å². The molecule has 0 aliphatic heterocycles. The van der Waals surface area contributed by atoms with Crippen molar-refractivity contribution in [3.05, 3.63) is 44.7 Å². The lowest BCUT2D eigenvalue weighted by molar-refractivity contribution is 0.103. The average molecular weight is 381 g/mol. The SMILES string of the molecule is O=C(C(C=NCCO)=CO)c1cc(I)cc(F)c1F. The molecule has 102 valence electrons. The number of hydrogen-bond donors (Lipinski definition) is 2. The van der Waals surface area contributed by atoms with E-state index in [1.165, 1.54) is 6.07 Å². The van der Waals surface area contributed by atoms with Crippen molar-refractivity contribution in [1.82, 2.24) is 0 Å². The zero-order valence-electron chi connectivity index (χ0n) is 9.61. The number of aliphatic hydroxyl groups is 2. The molecular weight excluding hydrogens is 371 g/mol. The quantitative estimate of drug-likeness (QED) is 0.205. The Balaban J connectivity index is 3.12. The molecule has 0 saturated heterocycles. The van der Waals surface area contributed by atoms with Crippen molar-refractivity contribution in [1.29, 1.82) is 0 Å². The van der Waals surface area contributed by atoms with Crippen LogP contribution in [0.2, 0.25) is 0 Å². The van der Waals surface area contributed by atoms with Gasteiger partial charge in [0.25, 0.3) is 0 Å².